The molecule has 1 heterocycles. The number of hydrogen-bond acceptors (Lipinski definition) is 3. The van der Waals surface area contributed by atoms with Crippen molar-refractivity contribution >= 4 is 17.5 Å². The summed E-state index contributed by atoms with van der Waals surface area (Å²) < 4.78 is 18.1. The Morgan fingerprint density at radius 2 is 2.05 bits per heavy atom. The van der Waals surface area contributed by atoms with E-state index in [1.807, 2.05) is 0 Å². The average molecular weight is 281 g/mol. The number of aromatic nitrogens is 1. The summed E-state index contributed by atoms with van der Waals surface area (Å²) in [4.78, 5) is 15.2. The summed E-state index contributed by atoms with van der Waals surface area (Å²) >= 11 is 5.74. The second-order valence-corrected chi connectivity index (χ2v) is 4.19. The minimum absolute atomic E-state index is 0.0427. The number of rotatable bonds is 4. The minimum Gasteiger partial charge on any atom is -0.487 e. The van der Waals surface area contributed by atoms with Crippen molar-refractivity contribution < 1.29 is 13.9 Å². The number of amides is 1. The standard InChI is InChI=1S/C13H10ClFN2O2/c14-8-5-11(13(16)18)12(17-6-8)7-19-10-3-1-9(15)2-4-10/h1-6H,7H2,(H2,16,18). The molecule has 0 fully saturated rings. The molecule has 0 aliphatic heterocycles. The third-order valence-corrected chi connectivity index (χ3v) is 2.60. The van der Waals surface area contributed by atoms with Crippen molar-refractivity contribution in [3.8, 4) is 5.75 Å². The van der Waals surface area contributed by atoms with Gasteiger partial charge in [-0.05, 0) is 30.3 Å². The third kappa shape index (κ3) is 3.42. The number of hydrogen-bond donors (Lipinski definition) is 1. The monoisotopic (exact) mass is 280 g/mol. The second kappa shape index (κ2) is 5.67. The van der Waals surface area contributed by atoms with Crippen LogP contribution in [0.5, 0.6) is 5.75 Å². The van der Waals surface area contributed by atoms with E-state index in [0.29, 0.717) is 16.5 Å². The molecule has 98 valence electrons. The van der Waals surface area contributed by atoms with Gasteiger partial charge in [-0.15, -0.1) is 0 Å². The van der Waals surface area contributed by atoms with Gasteiger partial charge in [0.15, 0.2) is 0 Å². The van der Waals surface area contributed by atoms with Crippen LogP contribution < -0.4 is 10.5 Å². The lowest BCUT2D eigenvalue weighted by molar-refractivity contribution is 0.0997. The Labute approximate surface area is 114 Å². The highest BCUT2D eigenvalue weighted by molar-refractivity contribution is 6.30. The van der Waals surface area contributed by atoms with Gasteiger partial charge in [-0.25, -0.2) is 4.39 Å². The van der Waals surface area contributed by atoms with Gasteiger partial charge >= 0.3 is 0 Å². The van der Waals surface area contributed by atoms with Crippen LogP contribution in [0.15, 0.2) is 36.5 Å². The number of ether oxygens (including phenoxy) is 1. The molecule has 0 radical (unpaired) electrons. The Morgan fingerprint density at radius 3 is 2.68 bits per heavy atom. The Kier molecular flexibility index (Phi) is 3.97. The summed E-state index contributed by atoms with van der Waals surface area (Å²) in [5, 5.41) is 0.319. The van der Waals surface area contributed by atoms with Gasteiger partial charge in [0.1, 0.15) is 18.2 Å². The Bertz CT molecular complexity index is 602. The minimum atomic E-state index is -0.632. The van der Waals surface area contributed by atoms with Crippen molar-refractivity contribution in [2.75, 3.05) is 0 Å². The van der Waals surface area contributed by atoms with Crippen LogP contribution in [0.3, 0.4) is 0 Å². The Balaban J connectivity index is 2.15. The van der Waals surface area contributed by atoms with Crippen LogP contribution in [0, 0.1) is 5.82 Å². The fourth-order valence-corrected chi connectivity index (χ4v) is 1.64. The van der Waals surface area contributed by atoms with Crippen molar-refractivity contribution in [2.24, 2.45) is 5.73 Å². The number of benzene rings is 1. The average Bonchev–Trinajstić information content (AvgIpc) is 2.39. The molecule has 0 spiro atoms. The fraction of sp³-hybridized carbons (Fsp3) is 0.0769. The molecule has 6 heteroatoms. The highest BCUT2D eigenvalue weighted by atomic mass is 35.5. The first-order chi connectivity index (χ1) is 9.06. The summed E-state index contributed by atoms with van der Waals surface area (Å²) in [5.74, 6) is -0.518. The van der Waals surface area contributed by atoms with Crippen LogP contribution >= 0.6 is 11.6 Å². The zero-order chi connectivity index (χ0) is 13.8. The van der Waals surface area contributed by atoms with Crippen molar-refractivity contribution in [3.63, 3.8) is 0 Å². The molecule has 1 amide bonds. The maximum atomic E-state index is 12.7. The van der Waals surface area contributed by atoms with Crippen LogP contribution in [-0.4, -0.2) is 10.9 Å². The van der Waals surface area contributed by atoms with Crippen LogP contribution in [0.1, 0.15) is 16.1 Å². The summed E-state index contributed by atoms with van der Waals surface area (Å²) in [5.41, 5.74) is 5.81. The number of primary amides is 1. The number of nitrogens with zero attached hydrogens (tertiary/aromatic N) is 1. The van der Waals surface area contributed by atoms with Crippen LogP contribution in [0.4, 0.5) is 4.39 Å². The molecule has 0 saturated carbocycles. The van der Waals surface area contributed by atoms with Crippen molar-refractivity contribution in [1.82, 2.24) is 4.98 Å². The van der Waals surface area contributed by atoms with E-state index in [9.17, 15) is 9.18 Å². The van der Waals surface area contributed by atoms with Gasteiger partial charge in [0.2, 0.25) is 0 Å². The van der Waals surface area contributed by atoms with Gasteiger partial charge in [-0.1, -0.05) is 11.6 Å². The fourth-order valence-electron chi connectivity index (χ4n) is 1.48. The maximum Gasteiger partial charge on any atom is 0.250 e. The summed E-state index contributed by atoms with van der Waals surface area (Å²) in [7, 11) is 0. The lowest BCUT2D eigenvalue weighted by Crippen LogP contribution is -2.16. The molecule has 2 aromatic rings. The highest BCUT2D eigenvalue weighted by Gasteiger charge is 2.11. The normalized spacial score (nSPS) is 10.2. The number of carbonyl (C=O) groups excluding carboxylic acids is 1. The molecule has 2 rings (SSSR count). The molecule has 19 heavy (non-hydrogen) atoms. The van der Waals surface area contributed by atoms with E-state index in [2.05, 4.69) is 4.98 Å². The Morgan fingerprint density at radius 1 is 1.37 bits per heavy atom. The molecule has 0 aliphatic carbocycles. The summed E-state index contributed by atoms with van der Waals surface area (Å²) in [6.07, 6.45) is 1.40. The van der Waals surface area contributed by atoms with Gasteiger partial charge in [0.25, 0.3) is 5.91 Å². The van der Waals surface area contributed by atoms with E-state index in [1.54, 1.807) is 0 Å². The smallest absolute Gasteiger partial charge is 0.250 e. The zero-order valence-corrected chi connectivity index (χ0v) is 10.5. The van der Waals surface area contributed by atoms with E-state index < -0.39 is 5.91 Å². The second-order valence-electron chi connectivity index (χ2n) is 3.75. The topological polar surface area (TPSA) is 65.2 Å². The third-order valence-electron chi connectivity index (χ3n) is 2.39. The molecule has 0 atom stereocenters. The lowest BCUT2D eigenvalue weighted by Gasteiger charge is -2.08. The SMILES string of the molecule is NC(=O)c1cc(Cl)cnc1COc1ccc(F)cc1. The number of nitrogens with two attached hydrogens (primary N) is 1. The van der Waals surface area contributed by atoms with E-state index in [-0.39, 0.29) is 18.0 Å². The maximum absolute atomic E-state index is 12.7. The molecule has 2 N–H and O–H groups in total. The van der Waals surface area contributed by atoms with E-state index in [1.165, 1.54) is 36.5 Å². The first kappa shape index (κ1) is 13.3. The van der Waals surface area contributed by atoms with Gasteiger partial charge in [-0.2, -0.15) is 0 Å². The van der Waals surface area contributed by atoms with E-state index in [0.717, 1.165) is 0 Å². The number of carbonyl (C=O) groups is 1. The number of halogens is 2. The van der Waals surface area contributed by atoms with Crippen LogP contribution in [-0.2, 0) is 6.61 Å². The first-order valence-electron chi connectivity index (χ1n) is 5.39. The molecule has 0 unspecified atom stereocenters. The van der Waals surface area contributed by atoms with E-state index in [4.69, 9.17) is 22.1 Å². The lowest BCUT2D eigenvalue weighted by atomic mass is 10.2. The molecule has 0 saturated heterocycles. The molecule has 4 nitrogen and oxygen atoms in total. The zero-order valence-electron chi connectivity index (χ0n) is 9.77. The van der Waals surface area contributed by atoms with Crippen molar-refractivity contribution in [3.05, 3.63) is 58.6 Å². The quantitative estimate of drug-likeness (QED) is 0.936. The summed E-state index contributed by atoms with van der Waals surface area (Å²) in [6, 6.07) is 6.95. The predicted octanol–water partition coefficient (Wildman–Crippen LogP) is 2.55. The largest absolute Gasteiger partial charge is 0.487 e. The van der Waals surface area contributed by atoms with Crippen molar-refractivity contribution in [1.29, 1.82) is 0 Å². The van der Waals surface area contributed by atoms with Gasteiger partial charge in [0.05, 0.1) is 16.3 Å². The van der Waals surface area contributed by atoms with Gasteiger partial charge in [-0.3, -0.25) is 9.78 Å². The van der Waals surface area contributed by atoms with E-state index >= 15 is 0 Å². The van der Waals surface area contributed by atoms with Gasteiger partial charge in [0, 0.05) is 6.20 Å². The van der Waals surface area contributed by atoms with Crippen LogP contribution in [0.25, 0.3) is 0 Å². The van der Waals surface area contributed by atoms with Crippen LogP contribution in [0.2, 0.25) is 5.02 Å². The first-order valence-corrected chi connectivity index (χ1v) is 5.76. The Hall–Kier alpha value is -2.14. The van der Waals surface area contributed by atoms with Crippen molar-refractivity contribution in [2.45, 2.75) is 6.61 Å². The molecule has 0 aliphatic rings. The molecule has 1 aromatic carbocycles. The molecule has 0 bridgehead atoms. The molecular weight excluding hydrogens is 271 g/mol. The molecular formula is C13H10ClFN2O2. The number of pyridine rings is 1. The highest BCUT2D eigenvalue weighted by Crippen LogP contribution is 2.16. The van der Waals surface area contributed by atoms with Gasteiger partial charge < -0.3 is 10.5 Å². The molecule has 1 aromatic heterocycles. The predicted molar refractivity (Wildman–Crippen MR) is 68.5 cm³/mol. The summed E-state index contributed by atoms with van der Waals surface area (Å²) in [6.45, 7) is 0.0427.